The third-order valence-electron chi connectivity index (χ3n) is 4.93. The van der Waals surface area contributed by atoms with Gasteiger partial charge in [-0.15, -0.1) is 5.10 Å². The largest absolute Gasteiger partial charge is 0.481 e. The SMILES string of the molecule is C=C(N=C(OC)/C(C=NC)=C(/C)COc1ccc(C(F)(F)F)cn1)c1ccc(C/C(C)=N/N=NC)cc1. The van der Waals surface area contributed by atoms with Crippen molar-refractivity contribution in [2.45, 2.75) is 26.4 Å². The second kappa shape index (κ2) is 13.8. The lowest BCUT2D eigenvalue weighted by Gasteiger charge is -2.13. The van der Waals surface area contributed by atoms with Crippen LogP contribution in [0.4, 0.5) is 13.2 Å². The molecule has 0 aliphatic rings. The quantitative estimate of drug-likeness (QED) is 0.163. The number of hydrogen-bond acceptors (Lipinski definition) is 7. The Morgan fingerprint density at radius 1 is 1.08 bits per heavy atom. The van der Waals surface area contributed by atoms with E-state index in [9.17, 15) is 13.2 Å². The molecule has 0 saturated carbocycles. The maximum absolute atomic E-state index is 12.7. The first-order chi connectivity index (χ1) is 17.6. The molecule has 0 radical (unpaired) electrons. The van der Waals surface area contributed by atoms with E-state index < -0.39 is 11.7 Å². The highest BCUT2D eigenvalue weighted by Gasteiger charge is 2.30. The molecule has 2 rings (SSSR count). The minimum Gasteiger partial charge on any atom is -0.481 e. The van der Waals surface area contributed by atoms with Crippen LogP contribution in [0.5, 0.6) is 5.88 Å². The van der Waals surface area contributed by atoms with Crippen molar-refractivity contribution in [3.05, 3.63) is 77.0 Å². The smallest absolute Gasteiger partial charge is 0.417 e. The minimum atomic E-state index is -4.47. The molecule has 0 amide bonds. The molecule has 0 atom stereocenters. The summed E-state index contributed by atoms with van der Waals surface area (Å²) in [5.41, 5.74) is 3.50. The molecule has 8 nitrogen and oxygen atoms in total. The van der Waals surface area contributed by atoms with E-state index in [4.69, 9.17) is 9.47 Å². The Morgan fingerprint density at radius 3 is 2.32 bits per heavy atom. The highest BCUT2D eigenvalue weighted by Crippen LogP contribution is 2.29. The summed E-state index contributed by atoms with van der Waals surface area (Å²) in [4.78, 5) is 12.3. The number of aliphatic imine (C=N–C) groups is 2. The van der Waals surface area contributed by atoms with Gasteiger partial charge in [0.05, 0.1) is 31.0 Å². The number of methoxy groups -OCH3 is 1. The maximum Gasteiger partial charge on any atom is 0.417 e. The van der Waals surface area contributed by atoms with Gasteiger partial charge in [-0.05, 0) is 36.6 Å². The van der Waals surface area contributed by atoms with E-state index in [0.29, 0.717) is 23.3 Å². The number of benzene rings is 1. The zero-order valence-corrected chi connectivity index (χ0v) is 21.4. The zero-order chi connectivity index (χ0) is 27.4. The van der Waals surface area contributed by atoms with E-state index in [0.717, 1.165) is 29.1 Å². The molecule has 0 N–H and O–H groups in total. The molecule has 11 heteroatoms. The van der Waals surface area contributed by atoms with E-state index in [1.807, 2.05) is 31.2 Å². The first kappa shape index (κ1) is 29.1. The van der Waals surface area contributed by atoms with Crippen molar-refractivity contribution in [1.82, 2.24) is 4.98 Å². The average molecular weight is 515 g/mol. The second-order valence-corrected chi connectivity index (χ2v) is 7.82. The van der Waals surface area contributed by atoms with E-state index in [1.54, 1.807) is 27.2 Å². The Morgan fingerprint density at radius 2 is 1.78 bits per heavy atom. The molecule has 1 aromatic heterocycles. The van der Waals surface area contributed by atoms with Gasteiger partial charge in [-0.1, -0.05) is 36.1 Å². The molecule has 0 spiro atoms. The predicted molar refractivity (Wildman–Crippen MR) is 139 cm³/mol. The van der Waals surface area contributed by atoms with Gasteiger partial charge in [0.2, 0.25) is 11.8 Å². The Kier molecular flexibility index (Phi) is 10.9. The first-order valence-electron chi connectivity index (χ1n) is 11.1. The number of nitrogens with zero attached hydrogens (tertiary/aromatic N) is 6. The van der Waals surface area contributed by atoms with Crippen LogP contribution in [0.2, 0.25) is 0 Å². The molecule has 0 aliphatic heterocycles. The van der Waals surface area contributed by atoms with Crippen LogP contribution in [-0.4, -0.2) is 50.6 Å². The van der Waals surface area contributed by atoms with Crippen LogP contribution < -0.4 is 4.74 Å². The zero-order valence-electron chi connectivity index (χ0n) is 21.4. The minimum absolute atomic E-state index is 0.0295. The lowest BCUT2D eigenvalue weighted by Crippen LogP contribution is -2.13. The fourth-order valence-electron chi connectivity index (χ4n) is 3.04. The van der Waals surface area contributed by atoms with E-state index in [2.05, 4.69) is 37.0 Å². The molecule has 196 valence electrons. The highest BCUT2D eigenvalue weighted by molar-refractivity contribution is 6.14. The molecule has 1 aromatic carbocycles. The summed E-state index contributed by atoms with van der Waals surface area (Å²) in [6.07, 6.45) is -1.55. The molecule has 37 heavy (non-hydrogen) atoms. The number of ether oxygens (including phenoxy) is 2. The predicted octanol–water partition coefficient (Wildman–Crippen LogP) is 6.21. The van der Waals surface area contributed by atoms with Gasteiger partial charge in [0, 0.05) is 37.7 Å². The number of halogens is 3. The summed E-state index contributed by atoms with van der Waals surface area (Å²) in [5, 5.41) is 11.2. The van der Waals surface area contributed by atoms with Crippen LogP contribution in [0.1, 0.15) is 30.5 Å². The average Bonchev–Trinajstić information content (AvgIpc) is 2.88. The van der Waals surface area contributed by atoms with Crippen LogP contribution in [0.25, 0.3) is 5.70 Å². The number of rotatable bonds is 10. The van der Waals surface area contributed by atoms with Crippen molar-refractivity contribution in [3.8, 4) is 5.88 Å². The Bertz CT molecular complexity index is 1210. The molecular weight excluding hydrogens is 485 g/mol. The summed E-state index contributed by atoms with van der Waals surface area (Å²) in [6.45, 7) is 7.73. The summed E-state index contributed by atoms with van der Waals surface area (Å²) in [6, 6.07) is 9.77. The number of alkyl halides is 3. The number of hydrogen-bond donors (Lipinski definition) is 0. The first-order valence-corrected chi connectivity index (χ1v) is 11.1. The van der Waals surface area contributed by atoms with E-state index >= 15 is 0 Å². The number of pyridine rings is 1. The number of aromatic nitrogens is 1. The molecule has 2 aromatic rings. The fraction of sp³-hybridized carbons (Fsp3) is 0.308. The molecule has 0 unspecified atom stereocenters. The lowest BCUT2D eigenvalue weighted by molar-refractivity contribution is -0.137. The molecule has 0 bridgehead atoms. The summed E-state index contributed by atoms with van der Waals surface area (Å²) >= 11 is 0. The van der Waals surface area contributed by atoms with E-state index in [1.165, 1.54) is 13.2 Å². The van der Waals surface area contributed by atoms with Crippen LogP contribution in [0.15, 0.2) is 85.7 Å². The molecule has 1 heterocycles. The van der Waals surface area contributed by atoms with Crippen molar-refractivity contribution < 1.29 is 22.6 Å². The Hall–Kier alpha value is -4.15. The van der Waals surface area contributed by atoms with Crippen molar-refractivity contribution in [2.75, 3.05) is 27.8 Å². The topological polar surface area (TPSA) is 93.2 Å². The molecule has 0 saturated heterocycles. The van der Waals surface area contributed by atoms with Crippen molar-refractivity contribution in [3.63, 3.8) is 0 Å². The summed E-state index contributed by atoms with van der Waals surface area (Å²) in [7, 11) is 4.63. The van der Waals surface area contributed by atoms with Gasteiger partial charge in [0.15, 0.2) is 0 Å². The second-order valence-electron chi connectivity index (χ2n) is 7.82. The summed E-state index contributed by atoms with van der Waals surface area (Å²) < 4.78 is 49.3. The molecule has 0 fully saturated rings. The van der Waals surface area contributed by atoms with Crippen molar-refractivity contribution in [2.24, 2.45) is 25.4 Å². The van der Waals surface area contributed by atoms with Gasteiger partial charge in [-0.3, -0.25) is 4.99 Å². The Labute approximate surface area is 214 Å². The van der Waals surface area contributed by atoms with Crippen LogP contribution in [-0.2, 0) is 17.3 Å². The van der Waals surface area contributed by atoms with Crippen LogP contribution >= 0.6 is 0 Å². The highest BCUT2D eigenvalue weighted by atomic mass is 19.4. The van der Waals surface area contributed by atoms with Gasteiger partial charge in [0.1, 0.15) is 6.61 Å². The van der Waals surface area contributed by atoms with Gasteiger partial charge >= 0.3 is 6.18 Å². The maximum atomic E-state index is 12.7. The fourth-order valence-corrected chi connectivity index (χ4v) is 3.04. The summed E-state index contributed by atoms with van der Waals surface area (Å²) in [5.74, 6) is 0.313. The van der Waals surface area contributed by atoms with Crippen LogP contribution in [0, 0.1) is 0 Å². The van der Waals surface area contributed by atoms with Crippen molar-refractivity contribution in [1.29, 1.82) is 0 Å². The standard InChI is InChI=1S/C26H29F3N6O2/c1-17(16-37-24-12-11-22(14-32-24)26(27,28)29)23(15-30-4)25(36-6)33-19(3)21-9-7-20(8-10-21)13-18(2)34-35-31-5/h7-12,14-15H,3,13,16H2,1-2,4-6H3/b23-17-,30-15?,33-25?,34-18+,35-31?. The Balaban J connectivity index is 2.20. The van der Waals surface area contributed by atoms with Crippen LogP contribution in [0.3, 0.4) is 0 Å². The van der Waals surface area contributed by atoms with Gasteiger partial charge < -0.3 is 9.47 Å². The lowest BCUT2D eigenvalue weighted by atomic mass is 10.1. The van der Waals surface area contributed by atoms with Gasteiger partial charge in [-0.25, -0.2) is 9.98 Å². The molecule has 0 aliphatic carbocycles. The monoisotopic (exact) mass is 514 g/mol. The van der Waals surface area contributed by atoms with Gasteiger partial charge in [-0.2, -0.15) is 18.3 Å². The third kappa shape index (κ3) is 9.10. The van der Waals surface area contributed by atoms with Gasteiger partial charge in [0.25, 0.3) is 0 Å². The normalized spacial score (nSPS) is 13.7. The van der Waals surface area contributed by atoms with E-state index in [-0.39, 0.29) is 18.4 Å². The molecular formula is C26H29F3N6O2. The third-order valence-corrected chi connectivity index (χ3v) is 4.93. The van der Waals surface area contributed by atoms with Crippen molar-refractivity contribution >= 4 is 23.5 Å².